The van der Waals surface area contributed by atoms with Crippen molar-refractivity contribution in [1.82, 2.24) is 0 Å². The number of carboxylic acids is 1. The van der Waals surface area contributed by atoms with Gasteiger partial charge in [0.1, 0.15) is 16.4 Å². The van der Waals surface area contributed by atoms with E-state index in [1.165, 1.54) is 24.3 Å². The molecule has 0 amide bonds. The van der Waals surface area contributed by atoms with Crippen molar-refractivity contribution in [3.63, 3.8) is 0 Å². The molecule has 0 saturated heterocycles. The molecule has 0 atom stereocenters. The van der Waals surface area contributed by atoms with Crippen molar-refractivity contribution in [2.45, 2.75) is 0 Å². The van der Waals surface area contributed by atoms with Crippen molar-refractivity contribution in [1.29, 1.82) is 0 Å². The Kier molecular flexibility index (Phi) is 3.44. The van der Waals surface area contributed by atoms with Crippen LogP contribution in [-0.4, -0.2) is 11.1 Å². The smallest absolute Gasteiger partial charge is 0.345 e. The lowest BCUT2D eigenvalue weighted by atomic mass is 10.3. The van der Waals surface area contributed by atoms with Crippen molar-refractivity contribution < 1.29 is 19.0 Å². The Morgan fingerprint density at radius 3 is 2.71 bits per heavy atom. The lowest BCUT2D eigenvalue weighted by molar-refractivity contribution is 0.0702. The number of hydrogen-bond donors (Lipinski definition) is 1. The maximum absolute atomic E-state index is 13.1. The van der Waals surface area contributed by atoms with Gasteiger partial charge in [0.15, 0.2) is 5.06 Å². The van der Waals surface area contributed by atoms with E-state index in [2.05, 4.69) is 15.9 Å². The minimum absolute atomic E-state index is 0.176. The Morgan fingerprint density at radius 1 is 1.35 bits per heavy atom. The molecule has 0 aliphatic rings. The summed E-state index contributed by atoms with van der Waals surface area (Å²) in [4.78, 5) is 10.8. The monoisotopic (exact) mass is 316 g/mol. The number of hydrogen-bond acceptors (Lipinski definition) is 3. The van der Waals surface area contributed by atoms with Gasteiger partial charge < -0.3 is 9.84 Å². The second kappa shape index (κ2) is 4.85. The third kappa shape index (κ3) is 3.04. The van der Waals surface area contributed by atoms with Gasteiger partial charge in [-0.15, -0.1) is 0 Å². The van der Waals surface area contributed by atoms with Crippen LogP contribution in [0.5, 0.6) is 10.8 Å². The van der Waals surface area contributed by atoms with E-state index in [9.17, 15) is 9.18 Å². The first-order valence-corrected chi connectivity index (χ1v) is 6.12. The molecule has 0 bridgehead atoms. The van der Waals surface area contributed by atoms with E-state index in [1.54, 1.807) is 6.07 Å². The number of thiophene rings is 1. The fraction of sp³-hybridized carbons (Fsp3) is 0. The average molecular weight is 317 g/mol. The topological polar surface area (TPSA) is 46.5 Å². The maximum Gasteiger partial charge on any atom is 0.345 e. The minimum Gasteiger partial charge on any atom is -0.477 e. The van der Waals surface area contributed by atoms with Gasteiger partial charge in [-0.3, -0.25) is 0 Å². The zero-order valence-corrected chi connectivity index (χ0v) is 10.7. The highest BCUT2D eigenvalue weighted by atomic mass is 79.9. The largest absolute Gasteiger partial charge is 0.477 e. The van der Waals surface area contributed by atoms with Crippen molar-refractivity contribution in [2.75, 3.05) is 0 Å². The fourth-order valence-electron chi connectivity index (χ4n) is 1.19. The second-order valence-electron chi connectivity index (χ2n) is 3.13. The number of aromatic carboxylic acids is 1. The molecule has 1 N–H and O–H groups in total. The van der Waals surface area contributed by atoms with Crippen molar-refractivity contribution in [3.8, 4) is 10.8 Å². The van der Waals surface area contributed by atoms with E-state index in [-0.39, 0.29) is 4.88 Å². The molecular formula is C11H6BrFO3S. The second-order valence-corrected chi connectivity index (χ2v) is 5.09. The quantitative estimate of drug-likeness (QED) is 0.925. The molecule has 0 fully saturated rings. The van der Waals surface area contributed by atoms with Gasteiger partial charge in [-0.05, 0) is 24.3 Å². The maximum atomic E-state index is 13.1. The SMILES string of the molecule is O=C(O)c1ccc(Oc2cc(F)cc(Br)c2)s1. The third-order valence-electron chi connectivity index (χ3n) is 1.85. The number of carbonyl (C=O) groups is 1. The van der Waals surface area contributed by atoms with Crippen LogP contribution >= 0.6 is 27.3 Å². The Balaban J connectivity index is 2.22. The van der Waals surface area contributed by atoms with Gasteiger partial charge in [-0.1, -0.05) is 27.3 Å². The molecule has 0 aliphatic carbocycles. The summed E-state index contributed by atoms with van der Waals surface area (Å²) < 4.78 is 19.0. The van der Waals surface area contributed by atoms with Crippen LogP contribution in [0.4, 0.5) is 4.39 Å². The van der Waals surface area contributed by atoms with Crippen LogP contribution < -0.4 is 4.74 Å². The highest BCUT2D eigenvalue weighted by molar-refractivity contribution is 9.10. The Labute approximate surface area is 109 Å². The molecule has 0 unspecified atom stereocenters. The van der Waals surface area contributed by atoms with E-state index >= 15 is 0 Å². The number of carboxylic acid groups (broad SMARTS) is 1. The summed E-state index contributed by atoms with van der Waals surface area (Å²) in [5, 5.41) is 9.14. The zero-order chi connectivity index (χ0) is 12.4. The van der Waals surface area contributed by atoms with Gasteiger partial charge in [0.25, 0.3) is 0 Å². The molecule has 2 rings (SSSR count). The predicted molar refractivity (Wildman–Crippen MR) is 65.5 cm³/mol. The molecule has 2 aromatic rings. The van der Waals surface area contributed by atoms with Crippen molar-refractivity contribution >= 4 is 33.2 Å². The lowest BCUT2D eigenvalue weighted by Crippen LogP contribution is -1.89. The van der Waals surface area contributed by atoms with Crippen LogP contribution in [-0.2, 0) is 0 Å². The molecule has 0 aliphatic heterocycles. The van der Waals surface area contributed by atoms with E-state index in [0.717, 1.165) is 11.3 Å². The number of benzene rings is 1. The normalized spacial score (nSPS) is 10.2. The fourth-order valence-corrected chi connectivity index (χ4v) is 2.35. The Hall–Kier alpha value is -1.40. The van der Waals surface area contributed by atoms with E-state index in [0.29, 0.717) is 15.3 Å². The van der Waals surface area contributed by atoms with Crippen LogP contribution in [0.15, 0.2) is 34.8 Å². The van der Waals surface area contributed by atoms with Gasteiger partial charge in [-0.25, -0.2) is 9.18 Å². The molecule has 6 heteroatoms. The number of halogens is 2. The minimum atomic E-state index is -1.01. The molecule has 1 aromatic carbocycles. The molecular weight excluding hydrogens is 311 g/mol. The molecule has 0 radical (unpaired) electrons. The van der Waals surface area contributed by atoms with E-state index in [1.807, 2.05) is 0 Å². The highest BCUT2D eigenvalue weighted by Crippen LogP contribution is 2.31. The van der Waals surface area contributed by atoms with Crippen LogP contribution in [0.1, 0.15) is 9.67 Å². The van der Waals surface area contributed by atoms with Gasteiger partial charge in [0.05, 0.1) is 0 Å². The first-order chi connectivity index (χ1) is 8.04. The molecule has 3 nitrogen and oxygen atoms in total. The number of rotatable bonds is 3. The summed E-state index contributed by atoms with van der Waals surface area (Å²) in [7, 11) is 0. The summed E-state index contributed by atoms with van der Waals surface area (Å²) in [5.41, 5.74) is 0. The molecule has 0 saturated carbocycles. The summed E-state index contributed by atoms with van der Waals surface area (Å²) >= 11 is 4.13. The molecule has 88 valence electrons. The first kappa shape index (κ1) is 12.1. The molecule has 1 heterocycles. The van der Waals surface area contributed by atoms with Crippen LogP contribution in [0.25, 0.3) is 0 Å². The van der Waals surface area contributed by atoms with Gasteiger partial charge >= 0.3 is 5.97 Å². The van der Waals surface area contributed by atoms with E-state index in [4.69, 9.17) is 9.84 Å². The Morgan fingerprint density at radius 2 is 2.12 bits per heavy atom. The van der Waals surface area contributed by atoms with Gasteiger partial charge in [0, 0.05) is 10.5 Å². The summed E-state index contributed by atoms with van der Waals surface area (Å²) in [6.07, 6.45) is 0. The van der Waals surface area contributed by atoms with Crippen molar-refractivity contribution in [2.24, 2.45) is 0 Å². The Bertz CT molecular complexity index is 547. The standard InChI is InChI=1S/C11H6BrFO3S/c12-6-3-7(13)5-8(4-6)16-10-2-1-9(17-10)11(14)15/h1-5H,(H,14,15). The number of ether oxygens (including phenoxy) is 1. The van der Waals surface area contributed by atoms with Gasteiger partial charge in [-0.2, -0.15) is 0 Å². The summed E-state index contributed by atoms with van der Waals surface area (Å²) in [6.45, 7) is 0. The summed E-state index contributed by atoms with van der Waals surface area (Å²) in [6, 6.07) is 7.11. The highest BCUT2D eigenvalue weighted by Gasteiger charge is 2.09. The van der Waals surface area contributed by atoms with Crippen LogP contribution in [0.2, 0.25) is 0 Å². The molecule has 1 aromatic heterocycles. The van der Waals surface area contributed by atoms with Gasteiger partial charge in [0.2, 0.25) is 0 Å². The molecule has 0 spiro atoms. The lowest BCUT2D eigenvalue weighted by Gasteiger charge is -2.03. The summed E-state index contributed by atoms with van der Waals surface area (Å²) in [5.74, 6) is -1.12. The average Bonchev–Trinajstić information content (AvgIpc) is 2.64. The van der Waals surface area contributed by atoms with Crippen molar-refractivity contribution in [3.05, 3.63) is 45.5 Å². The first-order valence-electron chi connectivity index (χ1n) is 4.51. The van der Waals surface area contributed by atoms with E-state index < -0.39 is 11.8 Å². The molecule has 17 heavy (non-hydrogen) atoms. The predicted octanol–water partition coefficient (Wildman–Crippen LogP) is 4.14. The third-order valence-corrected chi connectivity index (χ3v) is 3.26. The van der Waals surface area contributed by atoms with Crippen LogP contribution in [0, 0.1) is 5.82 Å². The van der Waals surface area contributed by atoms with Crippen LogP contribution in [0.3, 0.4) is 0 Å². The zero-order valence-electron chi connectivity index (χ0n) is 8.31.